The summed E-state index contributed by atoms with van der Waals surface area (Å²) in [6.07, 6.45) is 2.55. The van der Waals surface area contributed by atoms with Crippen molar-refractivity contribution in [1.82, 2.24) is 4.90 Å². The van der Waals surface area contributed by atoms with E-state index in [4.69, 9.17) is 4.74 Å². The Labute approximate surface area is 126 Å². The number of hydrogen-bond acceptors (Lipinski definition) is 3. The Hall–Kier alpha value is -1.84. The van der Waals surface area contributed by atoms with Gasteiger partial charge in [0.2, 0.25) is 5.91 Å². The van der Waals surface area contributed by atoms with Crippen LogP contribution >= 0.6 is 0 Å². The molecule has 1 amide bonds. The van der Waals surface area contributed by atoms with Gasteiger partial charge in [-0.05, 0) is 18.9 Å². The minimum Gasteiger partial charge on any atom is -0.496 e. The molecule has 2 rings (SSSR count). The molecule has 0 atom stereocenters. The highest BCUT2D eigenvalue weighted by Gasteiger charge is 2.26. The number of benzene rings is 1. The number of carbonyl (C=O) groups excluding carboxylic acids is 2. The van der Waals surface area contributed by atoms with E-state index in [0.717, 1.165) is 24.2 Å². The zero-order valence-electron chi connectivity index (χ0n) is 12.8. The number of ether oxygens (including phenoxy) is 1. The molecule has 114 valence electrons. The Morgan fingerprint density at radius 3 is 2.52 bits per heavy atom. The van der Waals surface area contributed by atoms with Crippen LogP contribution in [0.4, 0.5) is 0 Å². The molecular weight excluding hydrogens is 266 g/mol. The second-order valence-corrected chi connectivity index (χ2v) is 5.46. The molecule has 21 heavy (non-hydrogen) atoms. The SMILES string of the molecule is CCC(=O)C1CCN(C(=O)Cc2ccccc2OC)CC1. The Balaban J connectivity index is 1.92. The second-order valence-electron chi connectivity index (χ2n) is 5.46. The number of amides is 1. The van der Waals surface area contributed by atoms with Crippen LogP contribution in [0.3, 0.4) is 0 Å². The lowest BCUT2D eigenvalue weighted by Crippen LogP contribution is -2.40. The quantitative estimate of drug-likeness (QED) is 0.836. The first-order valence-electron chi connectivity index (χ1n) is 7.58. The molecule has 1 saturated heterocycles. The average molecular weight is 289 g/mol. The molecule has 1 heterocycles. The van der Waals surface area contributed by atoms with Crippen molar-refractivity contribution in [3.05, 3.63) is 29.8 Å². The van der Waals surface area contributed by atoms with E-state index in [1.165, 1.54) is 0 Å². The number of rotatable bonds is 5. The minimum atomic E-state index is 0.113. The third kappa shape index (κ3) is 3.84. The zero-order chi connectivity index (χ0) is 15.2. The molecule has 0 aliphatic carbocycles. The first-order chi connectivity index (χ1) is 10.2. The number of methoxy groups -OCH3 is 1. The minimum absolute atomic E-state index is 0.113. The first-order valence-corrected chi connectivity index (χ1v) is 7.58. The number of carbonyl (C=O) groups is 2. The molecule has 4 heteroatoms. The van der Waals surface area contributed by atoms with Crippen molar-refractivity contribution in [3.8, 4) is 5.75 Å². The molecule has 0 unspecified atom stereocenters. The molecule has 0 aromatic heterocycles. The van der Waals surface area contributed by atoms with E-state index in [2.05, 4.69) is 0 Å². The number of nitrogens with zero attached hydrogens (tertiary/aromatic N) is 1. The van der Waals surface area contributed by atoms with Gasteiger partial charge in [-0.1, -0.05) is 25.1 Å². The fourth-order valence-corrected chi connectivity index (χ4v) is 2.86. The summed E-state index contributed by atoms with van der Waals surface area (Å²) in [7, 11) is 1.62. The number of ketones is 1. The van der Waals surface area contributed by atoms with Gasteiger partial charge in [0.15, 0.2) is 0 Å². The van der Waals surface area contributed by atoms with Crippen molar-refractivity contribution in [3.63, 3.8) is 0 Å². The second kappa shape index (κ2) is 7.25. The number of hydrogen-bond donors (Lipinski definition) is 0. The standard InChI is InChI=1S/C17H23NO3/c1-3-15(19)13-8-10-18(11-9-13)17(20)12-14-6-4-5-7-16(14)21-2/h4-7,13H,3,8-12H2,1-2H3. The van der Waals surface area contributed by atoms with E-state index in [0.29, 0.717) is 31.7 Å². The number of Topliss-reactive ketones (excluding diaryl/α,β-unsaturated/α-hetero) is 1. The van der Waals surface area contributed by atoms with Crippen molar-refractivity contribution in [1.29, 1.82) is 0 Å². The van der Waals surface area contributed by atoms with E-state index in [1.807, 2.05) is 36.1 Å². The summed E-state index contributed by atoms with van der Waals surface area (Å²) in [6, 6.07) is 7.60. The summed E-state index contributed by atoms with van der Waals surface area (Å²) in [6.45, 7) is 3.27. The smallest absolute Gasteiger partial charge is 0.227 e. The molecular formula is C17H23NO3. The molecule has 0 bridgehead atoms. The molecule has 1 aromatic rings. The zero-order valence-corrected chi connectivity index (χ0v) is 12.8. The van der Waals surface area contributed by atoms with Crippen LogP contribution in [-0.4, -0.2) is 36.8 Å². The van der Waals surface area contributed by atoms with Crippen LogP contribution in [0.2, 0.25) is 0 Å². The van der Waals surface area contributed by atoms with Gasteiger partial charge in [0.05, 0.1) is 13.5 Å². The van der Waals surface area contributed by atoms with Crippen LogP contribution in [0.15, 0.2) is 24.3 Å². The predicted molar refractivity (Wildman–Crippen MR) is 81.3 cm³/mol. The lowest BCUT2D eigenvalue weighted by Gasteiger charge is -2.31. The molecule has 0 saturated carbocycles. The van der Waals surface area contributed by atoms with Crippen LogP contribution in [0.25, 0.3) is 0 Å². The lowest BCUT2D eigenvalue weighted by molar-refractivity contribution is -0.134. The Bertz CT molecular complexity index is 505. The van der Waals surface area contributed by atoms with Crippen molar-refractivity contribution in [2.45, 2.75) is 32.6 Å². The van der Waals surface area contributed by atoms with Gasteiger partial charge in [-0.2, -0.15) is 0 Å². The summed E-state index contributed by atoms with van der Waals surface area (Å²) in [5.41, 5.74) is 0.914. The molecule has 1 fully saturated rings. The molecule has 0 radical (unpaired) electrons. The van der Waals surface area contributed by atoms with Gasteiger partial charge in [-0.3, -0.25) is 9.59 Å². The van der Waals surface area contributed by atoms with Crippen LogP contribution < -0.4 is 4.74 Å². The van der Waals surface area contributed by atoms with E-state index in [-0.39, 0.29) is 11.8 Å². The molecule has 0 spiro atoms. The highest BCUT2D eigenvalue weighted by Crippen LogP contribution is 2.22. The van der Waals surface area contributed by atoms with Crippen LogP contribution in [-0.2, 0) is 16.0 Å². The van der Waals surface area contributed by atoms with Crippen molar-refractivity contribution in [2.24, 2.45) is 5.92 Å². The first kappa shape index (κ1) is 15.5. The fourth-order valence-electron chi connectivity index (χ4n) is 2.86. The van der Waals surface area contributed by atoms with Gasteiger partial charge in [-0.25, -0.2) is 0 Å². The Morgan fingerprint density at radius 1 is 1.24 bits per heavy atom. The van der Waals surface area contributed by atoms with Gasteiger partial charge in [-0.15, -0.1) is 0 Å². The summed E-state index contributed by atoms with van der Waals surface area (Å²) >= 11 is 0. The maximum absolute atomic E-state index is 12.4. The fraction of sp³-hybridized carbons (Fsp3) is 0.529. The van der Waals surface area contributed by atoms with Crippen LogP contribution in [0.1, 0.15) is 31.7 Å². The number of piperidine rings is 1. The monoisotopic (exact) mass is 289 g/mol. The molecule has 1 aliphatic rings. The molecule has 1 aliphatic heterocycles. The molecule has 4 nitrogen and oxygen atoms in total. The highest BCUT2D eigenvalue weighted by atomic mass is 16.5. The summed E-state index contributed by atoms with van der Waals surface area (Å²) in [5, 5.41) is 0. The largest absolute Gasteiger partial charge is 0.496 e. The number of para-hydroxylation sites is 1. The Kier molecular flexibility index (Phi) is 5.37. The topological polar surface area (TPSA) is 46.6 Å². The van der Waals surface area contributed by atoms with E-state index in [9.17, 15) is 9.59 Å². The van der Waals surface area contributed by atoms with Crippen LogP contribution in [0, 0.1) is 5.92 Å². The third-order valence-electron chi connectivity index (χ3n) is 4.19. The average Bonchev–Trinajstić information content (AvgIpc) is 2.54. The van der Waals surface area contributed by atoms with E-state index in [1.54, 1.807) is 7.11 Å². The Morgan fingerprint density at radius 2 is 1.90 bits per heavy atom. The van der Waals surface area contributed by atoms with E-state index >= 15 is 0 Å². The molecule has 1 aromatic carbocycles. The van der Waals surface area contributed by atoms with Gasteiger partial charge in [0.25, 0.3) is 0 Å². The van der Waals surface area contributed by atoms with Gasteiger partial charge in [0.1, 0.15) is 11.5 Å². The van der Waals surface area contributed by atoms with Gasteiger partial charge >= 0.3 is 0 Å². The predicted octanol–water partition coefficient (Wildman–Crippen LogP) is 2.46. The summed E-state index contributed by atoms with van der Waals surface area (Å²) < 4.78 is 5.28. The third-order valence-corrected chi connectivity index (χ3v) is 4.19. The number of likely N-dealkylation sites (tertiary alicyclic amines) is 1. The maximum Gasteiger partial charge on any atom is 0.227 e. The van der Waals surface area contributed by atoms with Crippen molar-refractivity contribution < 1.29 is 14.3 Å². The van der Waals surface area contributed by atoms with Gasteiger partial charge < -0.3 is 9.64 Å². The summed E-state index contributed by atoms with van der Waals surface area (Å²) in [4.78, 5) is 25.9. The van der Waals surface area contributed by atoms with Crippen molar-refractivity contribution in [2.75, 3.05) is 20.2 Å². The highest BCUT2D eigenvalue weighted by molar-refractivity contribution is 5.82. The molecule has 0 N–H and O–H groups in total. The van der Waals surface area contributed by atoms with E-state index < -0.39 is 0 Å². The summed E-state index contributed by atoms with van der Waals surface area (Å²) in [5.74, 6) is 1.33. The maximum atomic E-state index is 12.4. The van der Waals surface area contributed by atoms with Crippen molar-refractivity contribution >= 4 is 11.7 Å². The van der Waals surface area contributed by atoms with Crippen LogP contribution in [0.5, 0.6) is 5.75 Å². The van der Waals surface area contributed by atoms with Gasteiger partial charge in [0, 0.05) is 31.0 Å². The normalized spacial score (nSPS) is 15.8. The lowest BCUT2D eigenvalue weighted by atomic mass is 9.91.